The molecule has 5 rings (SSSR count). The van der Waals surface area contributed by atoms with Crippen LogP contribution in [-0.2, 0) is 30.3 Å². The zero-order chi connectivity index (χ0) is 38.6. The van der Waals surface area contributed by atoms with Crippen LogP contribution in [0.15, 0.2) is 22.3 Å². The second-order valence-corrected chi connectivity index (χ2v) is 14.1. The summed E-state index contributed by atoms with van der Waals surface area (Å²) in [4.78, 5) is 68.2. The predicted molar refractivity (Wildman–Crippen MR) is 214 cm³/mol. The first-order valence-electron chi connectivity index (χ1n) is 17.7. The van der Waals surface area contributed by atoms with Crippen molar-refractivity contribution in [2.75, 3.05) is 20.8 Å². The van der Waals surface area contributed by atoms with E-state index in [1.54, 1.807) is 0 Å². The van der Waals surface area contributed by atoms with E-state index in [1.165, 1.54) is 14.2 Å². The monoisotopic (exact) mass is 835 g/mol. The number of carboxylic acids is 1. The molecule has 0 fully saturated rings. The second-order valence-electron chi connectivity index (χ2n) is 13.4. The zero-order valence-corrected chi connectivity index (χ0v) is 33.3. The molecule has 5 heterocycles. The number of fused-ring (bicyclic) bond motifs is 8. The average molecular weight is 836 g/mol. The molecule has 2 aliphatic heterocycles. The Hall–Kier alpha value is -4.79. The van der Waals surface area contributed by atoms with Gasteiger partial charge in [0.15, 0.2) is 0 Å². The summed E-state index contributed by atoms with van der Waals surface area (Å²) in [5.41, 5.74) is 11.3. The number of hydrogen-bond donors (Lipinski definition) is 4. The Morgan fingerprint density at radius 2 is 1.64 bits per heavy atom. The third-order valence-electron chi connectivity index (χ3n) is 10.3. The lowest BCUT2D eigenvalue weighted by molar-refractivity contribution is -0.141. The highest BCUT2D eigenvalue weighted by molar-refractivity contribution is 14.1. The number of aliphatic carboxylic acids is 1. The molecule has 3 aromatic rings. The zero-order valence-electron chi connectivity index (χ0n) is 31.2. The van der Waals surface area contributed by atoms with E-state index in [0.29, 0.717) is 40.7 Å². The summed E-state index contributed by atoms with van der Waals surface area (Å²) in [6, 6.07) is 6.03. The van der Waals surface area contributed by atoms with Crippen molar-refractivity contribution in [2.24, 2.45) is 0 Å². The van der Waals surface area contributed by atoms with Crippen molar-refractivity contribution in [2.45, 2.75) is 85.0 Å². The number of esters is 2. The average Bonchev–Trinajstić information content (AvgIpc) is 3.80. The van der Waals surface area contributed by atoms with E-state index in [2.05, 4.69) is 77.7 Å². The van der Waals surface area contributed by atoms with Crippen LogP contribution in [0, 0.1) is 13.8 Å². The van der Waals surface area contributed by atoms with Crippen LogP contribution in [0.2, 0.25) is 0 Å². The van der Waals surface area contributed by atoms with Gasteiger partial charge in [-0.15, -0.1) is 0 Å². The number of halogens is 1. The molecule has 53 heavy (non-hydrogen) atoms. The smallest absolute Gasteiger partial charge is 0.310 e. The third kappa shape index (κ3) is 8.24. The molecule has 1 amide bonds. The molecule has 2 atom stereocenters. The Balaban J connectivity index is 1.97. The minimum Gasteiger partial charge on any atom is -0.481 e. The van der Waals surface area contributed by atoms with Crippen molar-refractivity contribution in [1.82, 2.24) is 25.3 Å². The van der Waals surface area contributed by atoms with Gasteiger partial charge in [-0.05, 0) is 90.7 Å². The quantitative estimate of drug-likeness (QED) is 0.105. The lowest BCUT2D eigenvalue weighted by Gasteiger charge is -2.18. The minimum absolute atomic E-state index is 0.0839. The Bertz CT molecular complexity index is 2200. The van der Waals surface area contributed by atoms with Gasteiger partial charge in [-0.3, -0.25) is 24.2 Å². The summed E-state index contributed by atoms with van der Waals surface area (Å²) >= 11 is 2.22. The number of carboxylic acid groups (broad SMARTS) is 1. The fourth-order valence-electron chi connectivity index (χ4n) is 7.28. The first-order chi connectivity index (χ1) is 25.3. The van der Waals surface area contributed by atoms with E-state index in [9.17, 15) is 24.3 Å². The highest BCUT2D eigenvalue weighted by atomic mass is 127. The van der Waals surface area contributed by atoms with Crippen molar-refractivity contribution in [3.8, 4) is 0 Å². The number of carbonyl (C=O) groups excluding carboxylic acids is 3. The third-order valence-corrected chi connectivity index (χ3v) is 10.6. The van der Waals surface area contributed by atoms with E-state index in [0.717, 1.165) is 56.8 Å². The largest absolute Gasteiger partial charge is 0.481 e. The molecule has 3 aromatic heterocycles. The topological polar surface area (TPSA) is 176 Å². The molecule has 0 aliphatic carbocycles. The molecule has 0 spiro atoms. The summed E-state index contributed by atoms with van der Waals surface area (Å²) in [6.45, 7) is 10.0. The van der Waals surface area contributed by atoms with Crippen molar-refractivity contribution >= 4 is 85.7 Å². The molecule has 0 radical (unpaired) electrons. The SMILES string of the molecule is CCC1=C(C)c2cc3[nH]c(cc4nc(c(CC(=O)OC)c5[nH]c(cc1n2)c(C)c5C(=O)NCCC(=O)O)[C@@H](CCCC(=O)OC)[C@@H]4C)c(C)c3/C=C/I. The van der Waals surface area contributed by atoms with Crippen molar-refractivity contribution in [1.29, 1.82) is 0 Å². The molecule has 0 aromatic carbocycles. The maximum Gasteiger partial charge on any atom is 0.310 e. The minimum atomic E-state index is -1.04. The number of allylic oxidation sites excluding steroid dienone is 2. The number of aromatic amines is 2. The molecule has 8 bridgehead atoms. The molecule has 0 saturated heterocycles. The summed E-state index contributed by atoms with van der Waals surface area (Å²) in [7, 11) is 2.67. The molecular formula is C40H46IN5O7. The number of carbonyl (C=O) groups is 4. The summed E-state index contributed by atoms with van der Waals surface area (Å²) in [5.74, 6) is -2.73. The van der Waals surface area contributed by atoms with Crippen LogP contribution in [0.3, 0.4) is 0 Å². The Labute approximate surface area is 322 Å². The Kier molecular flexibility index (Phi) is 12.6. The number of methoxy groups -OCH3 is 2. The van der Waals surface area contributed by atoms with Crippen LogP contribution in [0.4, 0.5) is 0 Å². The van der Waals surface area contributed by atoms with E-state index < -0.39 is 17.8 Å². The van der Waals surface area contributed by atoms with E-state index in [4.69, 9.17) is 19.4 Å². The molecule has 280 valence electrons. The highest BCUT2D eigenvalue weighted by Crippen LogP contribution is 2.43. The van der Waals surface area contributed by atoms with Crippen LogP contribution in [0.5, 0.6) is 0 Å². The van der Waals surface area contributed by atoms with Gasteiger partial charge in [-0.2, -0.15) is 0 Å². The highest BCUT2D eigenvalue weighted by Gasteiger charge is 2.33. The second kappa shape index (κ2) is 16.9. The van der Waals surface area contributed by atoms with Gasteiger partial charge in [0.05, 0.1) is 55.2 Å². The lowest BCUT2D eigenvalue weighted by Crippen LogP contribution is -2.26. The van der Waals surface area contributed by atoms with Gasteiger partial charge < -0.3 is 29.9 Å². The summed E-state index contributed by atoms with van der Waals surface area (Å²) in [5, 5.41) is 12.0. The van der Waals surface area contributed by atoms with Gasteiger partial charge >= 0.3 is 17.9 Å². The first-order valence-corrected chi connectivity index (χ1v) is 19.0. The number of nitrogens with one attached hydrogen (secondary N) is 3. The van der Waals surface area contributed by atoms with Crippen molar-refractivity contribution in [3.05, 3.63) is 72.9 Å². The lowest BCUT2D eigenvalue weighted by atomic mass is 9.84. The number of rotatable bonds is 12. The van der Waals surface area contributed by atoms with E-state index >= 15 is 0 Å². The number of ether oxygens (including phenoxy) is 2. The van der Waals surface area contributed by atoms with Gasteiger partial charge in [0, 0.05) is 58.2 Å². The van der Waals surface area contributed by atoms with Crippen LogP contribution in [-0.4, -0.2) is 69.6 Å². The maximum absolute atomic E-state index is 14.0. The normalized spacial score (nSPS) is 15.5. The number of nitrogens with zero attached hydrogens (tertiary/aromatic N) is 2. The van der Waals surface area contributed by atoms with Crippen molar-refractivity contribution < 1.29 is 33.8 Å². The van der Waals surface area contributed by atoms with Gasteiger partial charge in [0.2, 0.25) is 0 Å². The van der Waals surface area contributed by atoms with Gasteiger partial charge in [0.25, 0.3) is 5.91 Å². The standard InChI is InChI=1S/C40H46IN5O7/c1-8-24-20(2)29-18-33-25(12-14-41)21(3)28(44-33)17-30-22(4)26(10-9-11-35(49)52-6)38(45-30)27(16-36(50)53-7)39-37(40(51)42-15-13-34(47)48)23(5)31(46-39)19-32(24)43-29/h12,14,17-19,22,26,44,46H,8-11,13,15-16H2,1-7H3,(H,42,51)(H,47,48)/b14-12+,28-17?,29-18?,30-17?,31-19?,32-19?,33-18?,38-27?,39-27?/t22-,26-/m0/s1. The molecule has 4 N–H and O–H groups in total. The molecule has 13 heteroatoms. The predicted octanol–water partition coefficient (Wildman–Crippen LogP) is 7.83. The fraction of sp³-hybridized carbons (Fsp3) is 0.400. The van der Waals surface area contributed by atoms with Gasteiger partial charge in [0.1, 0.15) is 0 Å². The van der Waals surface area contributed by atoms with Crippen LogP contribution < -0.4 is 5.32 Å². The molecule has 0 unspecified atom stereocenters. The van der Waals surface area contributed by atoms with E-state index in [-0.39, 0.29) is 49.2 Å². The molecule has 12 nitrogen and oxygen atoms in total. The van der Waals surface area contributed by atoms with Crippen molar-refractivity contribution in [3.63, 3.8) is 0 Å². The summed E-state index contributed by atoms with van der Waals surface area (Å²) in [6.07, 6.45) is 3.62. The maximum atomic E-state index is 14.0. The number of amides is 1. The molecule has 0 saturated carbocycles. The Morgan fingerprint density at radius 3 is 2.30 bits per heavy atom. The summed E-state index contributed by atoms with van der Waals surface area (Å²) < 4.78 is 12.1. The van der Waals surface area contributed by atoms with Gasteiger partial charge in [-0.25, -0.2) is 4.98 Å². The van der Waals surface area contributed by atoms with Crippen LogP contribution in [0.25, 0.3) is 39.3 Å². The molecule has 2 aliphatic rings. The number of aryl methyl sites for hydroxylation is 2. The number of aromatic nitrogens is 4. The number of hydrogen-bond acceptors (Lipinski definition) is 8. The first kappa shape index (κ1) is 39.4. The van der Waals surface area contributed by atoms with Gasteiger partial charge in [-0.1, -0.05) is 36.4 Å². The molecular weight excluding hydrogens is 789 g/mol. The fourth-order valence-corrected chi connectivity index (χ4v) is 7.64. The Morgan fingerprint density at radius 1 is 0.943 bits per heavy atom. The van der Waals surface area contributed by atoms with Crippen LogP contribution >= 0.6 is 22.6 Å². The van der Waals surface area contributed by atoms with E-state index in [1.807, 2.05) is 23.1 Å². The van der Waals surface area contributed by atoms with Crippen LogP contribution in [0.1, 0.15) is 120 Å². The number of H-pyrrole nitrogens is 2.